The largest absolute Gasteiger partial charge is 0.383 e. The number of carbonyl (C=O) groups is 1. The first-order valence-corrected chi connectivity index (χ1v) is 8.01. The molecule has 3 rings (SSSR count). The summed E-state index contributed by atoms with van der Waals surface area (Å²) in [6.07, 6.45) is 2.57. The minimum absolute atomic E-state index is 0.176. The molecule has 1 aliphatic carbocycles. The van der Waals surface area contributed by atoms with E-state index in [1.807, 2.05) is 39.1 Å². The van der Waals surface area contributed by atoms with E-state index in [-0.39, 0.29) is 12.5 Å². The number of carbonyl (C=O) groups excluding carboxylic acids is 1. The molecule has 1 aliphatic rings. The number of aryl methyl sites for hydroxylation is 3. The van der Waals surface area contributed by atoms with Crippen LogP contribution in [0.25, 0.3) is 0 Å². The third-order valence-corrected chi connectivity index (χ3v) is 4.83. The van der Waals surface area contributed by atoms with Crippen LogP contribution in [0.1, 0.15) is 45.7 Å². The minimum atomic E-state index is -0.992. The first kappa shape index (κ1) is 15.7. The third-order valence-electron chi connectivity index (χ3n) is 4.83. The number of amides is 1. The highest BCUT2D eigenvalue weighted by Crippen LogP contribution is 2.34. The Bertz CT molecular complexity index is 751. The molecule has 0 radical (unpaired) electrons. The molecular formula is C18H23N3O2. The van der Waals surface area contributed by atoms with Gasteiger partial charge < -0.3 is 10.4 Å². The Morgan fingerprint density at radius 2 is 2.13 bits per heavy atom. The number of hydrogen-bond donors (Lipinski definition) is 2. The molecule has 1 heterocycles. The van der Waals surface area contributed by atoms with E-state index in [9.17, 15) is 9.90 Å². The number of nitrogens with one attached hydrogen (secondary N) is 1. The van der Waals surface area contributed by atoms with Crippen molar-refractivity contribution in [2.75, 3.05) is 6.54 Å². The molecule has 0 aliphatic heterocycles. The summed E-state index contributed by atoms with van der Waals surface area (Å²) in [6.45, 7) is 3.92. The monoisotopic (exact) mass is 313 g/mol. The summed E-state index contributed by atoms with van der Waals surface area (Å²) in [5.74, 6) is -0.176. The second-order valence-corrected chi connectivity index (χ2v) is 6.39. The molecule has 0 unspecified atom stereocenters. The number of fused-ring (bicyclic) bond motifs is 1. The fourth-order valence-corrected chi connectivity index (χ4v) is 3.50. The average Bonchev–Trinajstić information content (AvgIpc) is 2.78. The van der Waals surface area contributed by atoms with E-state index in [2.05, 4.69) is 16.5 Å². The SMILES string of the molecule is Cc1nn(C)c(C)c1C(=O)NC[C@@]1(O)CCCc2ccccc21. The zero-order chi connectivity index (χ0) is 16.6. The lowest BCUT2D eigenvalue weighted by Gasteiger charge is -2.34. The topological polar surface area (TPSA) is 67.2 Å². The second kappa shape index (κ2) is 5.81. The van der Waals surface area contributed by atoms with Gasteiger partial charge in [-0.05, 0) is 44.2 Å². The van der Waals surface area contributed by atoms with Gasteiger partial charge in [0.15, 0.2) is 0 Å². The van der Waals surface area contributed by atoms with Crippen molar-refractivity contribution in [2.45, 2.75) is 38.7 Å². The predicted molar refractivity (Wildman–Crippen MR) is 88.3 cm³/mol. The van der Waals surface area contributed by atoms with Crippen molar-refractivity contribution in [3.63, 3.8) is 0 Å². The normalized spacial score (nSPS) is 20.2. The van der Waals surface area contributed by atoms with Crippen LogP contribution in [-0.4, -0.2) is 27.3 Å². The highest BCUT2D eigenvalue weighted by molar-refractivity contribution is 5.96. The van der Waals surface area contributed by atoms with Gasteiger partial charge in [0.05, 0.1) is 17.8 Å². The fourth-order valence-electron chi connectivity index (χ4n) is 3.50. The third kappa shape index (κ3) is 2.77. The molecule has 0 fully saturated rings. The number of rotatable bonds is 3. The Kier molecular flexibility index (Phi) is 3.98. The zero-order valence-electron chi connectivity index (χ0n) is 13.9. The van der Waals surface area contributed by atoms with Crippen LogP contribution in [0.3, 0.4) is 0 Å². The lowest BCUT2D eigenvalue weighted by molar-refractivity contribution is 0.0189. The smallest absolute Gasteiger partial charge is 0.255 e. The molecule has 23 heavy (non-hydrogen) atoms. The first-order valence-electron chi connectivity index (χ1n) is 8.01. The summed E-state index contributed by atoms with van der Waals surface area (Å²) in [5.41, 5.74) is 3.25. The van der Waals surface area contributed by atoms with Gasteiger partial charge >= 0.3 is 0 Å². The van der Waals surface area contributed by atoms with Gasteiger partial charge in [0.1, 0.15) is 5.60 Å². The molecule has 122 valence electrons. The maximum absolute atomic E-state index is 12.5. The average molecular weight is 313 g/mol. The highest BCUT2D eigenvalue weighted by atomic mass is 16.3. The Balaban J connectivity index is 1.80. The Morgan fingerprint density at radius 1 is 1.39 bits per heavy atom. The molecule has 5 nitrogen and oxygen atoms in total. The molecule has 0 saturated carbocycles. The maximum atomic E-state index is 12.5. The van der Waals surface area contributed by atoms with Crippen molar-refractivity contribution < 1.29 is 9.90 Å². The first-order chi connectivity index (χ1) is 10.9. The van der Waals surface area contributed by atoms with Crippen LogP contribution in [-0.2, 0) is 19.1 Å². The van der Waals surface area contributed by atoms with E-state index in [1.165, 1.54) is 5.56 Å². The van der Waals surface area contributed by atoms with E-state index in [4.69, 9.17) is 0 Å². The fraction of sp³-hybridized carbons (Fsp3) is 0.444. The zero-order valence-corrected chi connectivity index (χ0v) is 13.9. The number of hydrogen-bond acceptors (Lipinski definition) is 3. The van der Waals surface area contributed by atoms with E-state index >= 15 is 0 Å². The van der Waals surface area contributed by atoms with E-state index in [0.29, 0.717) is 17.7 Å². The van der Waals surface area contributed by atoms with Gasteiger partial charge in [0.2, 0.25) is 0 Å². The lowest BCUT2D eigenvalue weighted by Crippen LogP contribution is -2.43. The standard InChI is InChI=1S/C18H23N3O2/c1-12-16(13(2)21(3)20-12)17(22)19-11-18(23)10-6-8-14-7-4-5-9-15(14)18/h4-5,7,9,23H,6,8,10-11H2,1-3H3,(H,19,22)/t18-/m0/s1. The number of aromatic nitrogens is 2. The summed E-state index contributed by atoms with van der Waals surface area (Å²) in [7, 11) is 1.82. The van der Waals surface area contributed by atoms with E-state index in [0.717, 1.165) is 24.1 Å². The summed E-state index contributed by atoms with van der Waals surface area (Å²) in [5, 5.41) is 18.2. The molecule has 2 aromatic rings. The van der Waals surface area contributed by atoms with Gasteiger partial charge in [-0.15, -0.1) is 0 Å². The van der Waals surface area contributed by atoms with Gasteiger partial charge in [0, 0.05) is 12.7 Å². The van der Waals surface area contributed by atoms with Gasteiger partial charge in [-0.25, -0.2) is 0 Å². The second-order valence-electron chi connectivity index (χ2n) is 6.39. The van der Waals surface area contributed by atoms with Crippen molar-refractivity contribution in [1.29, 1.82) is 0 Å². The highest BCUT2D eigenvalue weighted by Gasteiger charge is 2.34. The van der Waals surface area contributed by atoms with Gasteiger partial charge in [-0.3, -0.25) is 9.48 Å². The molecule has 1 amide bonds. The van der Waals surface area contributed by atoms with Crippen LogP contribution in [0, 0.1) is 13.8 Å². The Labute approximate surface area is 136 Å². The number of nitrogens with zero attached hydrogens (tertiary/aromatic N) is 2. The van der Waals surface area contributed by atoms with E-state index in [1.54, 1.807) is 4.68 Å². The van der Waals surface area contributed by atoms with Crippen molar-refractivity contribution >= 4 is 5.91 Å². The van der Waals surface area contributed by atoms with Gasteiger partial charge in [0.25, 0.3) is 5.91 Å². The summed E-state index contributed by atoms with van der Waals surface area (Å²) < 4.78 is 1.70. The van der Waals surface area contributed by atoms with Crippen LogP contribution in [0.2, 0.25) is 0 Å². The van der Waals surface area contributed by atoms with Crippen molar-refractivity contribution in [3.8, 4) is 0 Å². The lowest BCUT2D eigenvalue weighted by atomic mass is 9.79. The molecule has 2 N–H and O–H groups in total. The quantitative estimate of drug-likeness (QED) is 0.910. The van der Waals surface area contributed by atoms with Crippen LogP contribution in [0.15, 0.2) is 24.3 Å². The molecule has 0 spiro atoms. The summed E-state index contributed by atoms with van der Waals surface area (Å²) in [6, 6.07) is 7.94. The molecule has 1 aromatic heterocycles. The van der Waals surface area contributed by atoms with Crippen LogP contribution in [0.4, 0.5) is 0 Å². The maximum Gasteiger partial charge on any atom is 0.255 e. The molecular weight excluding hydrogens is 290 g/mol. The molecule has 1 atom stereocenters. The Hall–Kier alpha value is -2.14. The molecule has 0 saturated heterocycles. The Morgan fingerprint density at radius 3 is 2.83 bits per heavy atom. The minimum Gasteiger partial charge on any atom is -0.383 e. The van der Waals surface area contributed by atoms with Crippen LogP contribution >= 0.6 is 0 Å². The van der Waals surface area contributed by atoms with Crippen LogP contribution < -0.4 is 5.32 Å². The molecule has 5 heteroatoms. The van der Waals surface area contributed by atoms with Crippen LogP contribution in [0.5, 0.6) is 0 Å². The number of aliphatic hydroxyl groups is 1. The summed E-state index contributed by atoms with van der Waals surface area (Å²) in [4.78, 5) is 12.5. The van der Waals surface area contributed by atoms with Crippen molar-refractivity contribution in [2.24, 2.45) is 7.05 Å². The van der Waals surface area contributed by atoms with Gasteiger partial charge in [-0.1, -0.05) is 24.3 Å². The predicted octanol–water partition coefficient (Wildman–Crippen LogP) is 1.99. The van der Waals surface area contributed by atoms with Crippen molar-refractivity contribution in [1.82, 2.24) is 15.1 Å². The molecule has 0 bridgehead atoms. The van der Waals surface area contributed by atoms with Crippen molar-refractivity contribution in [3.05, 3.63) is 52.3 Å². The summed E-state index contributed by atoms with van der Waals surface area (Å²) >= 11 is 0. The van der Waals surface area contributed by atoms with Gasteiger partial charge in [-0.2, -0.15) is 5.10 Å². The molecule has 1 aromatic carbocycles. The number of benzene rings is 1. The van der Waals surface area contributed by atoms with E-state index < -0.39 is 5.60 Å².